The Kier molecular flexibility index (Phi) is 6.88. The fourth-order valence-corrected chi connectivity index (χ4v) is 6.21. The number of fused-ring (bicyclic) bond motifs is 1. The van der Waals surface area contributed by atoms with Crippen LogP contribution in [-0.4, -0.2) is 76.9 Å². The molecule has 178 valence electrons. The zero-order chi connectivity index (χ0) is 24.4. The maximum Gasteiger partial charge on any atom is 0.352 e. The first kappa shape index (κ1) is 23.8. The van der Waals surface area contributed by atoms with Crippen LogP contribution < -0.4 is 5.32 Å². The third-order valence-corrected chi connectivity index (χ3v) is 7.88. The standard InChI is InChI=1S/C20H20N6O6S2/c1-10(34-20-22-23-24-25(20)2)12-8-33-18-13(17(29)26(18)14(12)19(30)31)21-16(28)15(32-9-27)11-6-4-3-5-7-11/h3-7,9-10,13,15,18H,8H2,1-2H3,(H,21,28)(H,30,31)/t10?,13-,15?,18-/m1/s1. The van der Waals surface area contributed by atoms with Crippen molar-refractivity contribution in [1.82, 2.24) is 30.4 Å². The van der Waals surface area contributed by atoms with Gasteiger partial charge in [-0.25, -0.2) is 9.48 Å². The van der Waals surface area contributed by atoms with Gasteiger partial charge in [-0.1, -0.05) is 42.1 Å². The van der Waals surface area contributed by atoms with Crippen molar-refractivity contribution in [3.05, 3.63) is 47.2 Å². The number of hydrogen-bond acceptors (Lipinski definition) is 10. The average Bonchev–Trinajstić information content (AvgIpc) is 3.24. The van der Waals surface area contributed by atoms with Crippen molar-refractivity contribution < 1.29 is 29.0 Å². The number of aliphatic carboxylic acids is 1. The number of tetrazole rings is 1. The van der Waals surface area contributed by atoms with E-state index in [4.69, 9.17) is 4.74 Å². The highest BCUT2D eigenvalue weighted by molar-refractivity contribution is 8.01. The number of thioether (sulfide) groups is 2. The number of aromatic nitrogens is 4. The highest BCUT2D eigenvalue weighted by atomic mass is 32.2. The predicted octanol–water partition coefficient (Wildman–Crippen LogP) is 0.344. The number of nitrogens with zero attached hydrogens (tertiary/aromatic N) is 5. The van der Waals surface area contributed by atoms with Gasteiger partial charge in [-0.15, -0.1) is 16.9 Å². The first-order valence-corrected chi connectivity index (χ1v) is 12.0. The molecule has 2 aliphatic heterocycles. The molecule has 0 aliphatic carbocycles. The molecule has 0 saturated carbocycles. The minimum Gasteiger partial charge on any atom is -0.477 e. The van der Waals surface area contributed by atoms with Crippen LogP contribution in [-0.2, 0) is 31.0 Å². The highest BCUT2D eigenvalue weighted by Gasteiger charge is 2.55. The lowest BCUT2D eigenvalue weighted by atomic mass is 10.0. The highest BCUT2D eigenvalue weighted by Crippen LogP contribution is 2.43. The van der Waals surface area contributed by atoms with E-state index in [0.717, 1.165) is 0 Å². The van der Waals surface area contributed by atoms with E-state index >= 15 is 0 Å². The van der Waals surface area contributed by atoms with Gasteiger partial charge < -0.3 is 15.2 Å². The van der Waals surface area contributed by atoms with Crippen LogP contribution in [0.4, 0.5) is 0 Å². The number of amides is 2. The number of aryl methyl sites for hydroxylation is 1. The van der Waals surface area contributed by atoms with Crippen molar-refractivity contribution in [3.8, 4) is 0 Å². The Morgan fingerprint density at radius 1 is 1.35 bits per heavy atom. The van der Waals surface area contributed by atoms with E-state index in [1.54, 1.807) is 37.4 Å². The van der Waals surface area contributed by atoms with Gasteiger partial charge in [0, 0.05) is 23.6 Å². The van der Waals surface area contributed by atoms with Gasteiger partial charge in [-0.2, -0.15) is 0 Å². The number of carboxylic acids is 1. The molecule has 0 radical (unpaired) electrons. The van der Waals surface area contributed by atoms with Gasteiger partial charge >= 0.3 is 5.97 Å². The van der Waals surface area contributed by atoms with Crippen LogP contribution in [0.1, 0.15) is 18.6 Å². The van der Waals surface area contributed by atoms with Gasteiger partial charge in [0.25, 0.3) is 18.3 Å². The molecule has 4 atom stereocenters. The molecule has 4 rings (SSSR count). The number of rotatable bonds is 9. The fraction of sp³-hybridized carbons (Fsp3) is 0.350. The summed E-state index contributed by atoms with van der Waals surface area (Å²) in [5, 5.41) is 23.4. The number of carbonyl (C=O) groups excluding carboxylic acids is 3. The molecular formula is C20H20N6O6S2. The third-order valence-electron chi connectivity index (χ3n) is 5.38. The van der Waals surface area contributed by atoms with Crippen molar-refractivity contribution in [3.63, 3.8) is 0 Å². The molecule has 1 aromatic heterocycles. The van der Waals surface area contributed by atoms with E-state index < -0.39 is 35.3 Å². The summed E-state index contributed by atoms with van der Waals surface area (Å²) in [5.74, 6) is -2.10. The second kappa shape index (κ2) is 9.85. The van der Waals surface area contributed by atoms with Crippen molar-refractivity contribution in [2.45, 2.75) is 34.8 Å². The smallest absolute Gasteiger partial charge is 0.352 e. The molecule has 2 N–H and O–H groups in total. The number of hydrogen-bond donors (Lipinski definition) is 2. The lowest BCUT2D eigenvalue weighted by molar-refractivity contribution is -0.154. The Balaban J connectivity index is 1.52. The van der Waals surface area contributed by atoms with Crippen LogP contribution in [0.5, 0.6) is 0 Å². The Hall–Kier alpha value is -3.39. The number of β-lactam (4-membered cyclic amide) rings is 1. The van der Waals surface area contributed by atoms with Crippen LogP contribution in [0.2, 0.25) is 0 Å². The SMILES string of the molecule is CC(Sc1nnnn1C)C1=C(C(=O)O)N2C(=O)[C@@H](NC(=O)C(OC=O)c3ccccc3)[C@H]2SC1. The Labute approximate surface area is 202 Å². The summed E-state index contributed by atoms with van der Waals surface area (Å²) in [6, 6.07) is 7.45. The molecule has 14 heteroatoms. The topological polar surface area (TPSA) is 157 Å². The first-order chi connectivity index (χ1) is 16.3. The summed E-state index contributed by atoms with van der Waals surface area (Å²) in [7, 11) is 1.68. The summed E-state index contributed by atoms with van der Waals surface area (Å²) in [6.45, 7) is 1.99. The molecule has 2 aromatic rings. The van der Waals surface area contributed by atoms with E-state index in [1.807, 2.05) is 6.92 Å². The summed E-state index contributed by atoms with van der Waals surface area (Å²) < 4.78 is 6.43. The molecule has 34 heavy (non-hydrogen) atoms. The van der Waals surface area contributed by atoms with Gasteiger partial charge in [0.05, 0.1) is 0 Å². The van der Waals surface area contributed by atoms with Gasteiger partial charge in [0.1, 0.15) is 17.1 Å². The van der Waals surface area contributed by atoms with E-state index in [1.165, 1.54) is 33.1 Å². The second-order valence-electron chi connectivity index (χ2n) is 7.44. The minimum absolute atomic E-state index is 0.0990. The normalized spacial score (nSPS) is 21.2. The Bertz CT molecular complexity index is 1160. The largest absolute Gasteiger partial charge is 0.477 e. The summed E-state index contributed by atoms with van der Waals surface area (Å²) >= 11 is 2.64. The van der Waals surface area contributed by atoms with Crippen molar-refractivity contribution in [2.24, 2.45) is 7.05 Å². The van der Waals surface area contributed by atoms with Gasteiger partial charge in [0.2, 0.25) is 11.3 Å². The van der Waals surface area contributed by atoms with E-state index in [0.29, 0.717) is 22.0 Å². The molecule has 0 spiro atoms. The van der Waals surface area contributed by atoms with E-state index in [9.17, 15) is 24.3 Å². The predicted molar refractivity (Wildman–Crippen MR) is 120 cm³/mol. The van der Waals surface area contributed by atoms with Gasteiger partial charge in [-0.3, -0.25) is 19.3 Å². The Morgan fingerprint density at radius 2 is 2.09 bits per heavy atom. The molecule has 1 saturated heterocycles. The zero-order valence-corrected chi connectivity index (χ0v) is 19.7. The first-order valence-electron chi connectivity index (χ1n) is 10.1. The molecule has 2 aliphatic rings. The maximum absolute atomic E-state index is 12.9. The second-order valence-corrected chi connectivity index (χ2v) is 9.86. The molecule has 2 unspecified atom stereocenters. The van der Waals surface area contributed by atoms with Crippen LogP contribution >= 0.6 is 23.5 Å². The van der Waals surface area contributed by atoms with Gasteiger partial charge in [-0.05, 0) is 22.9 Å². The number of ether oxygens (including phenoxy) is 1. The van der Waals surface area contributed by atoms with E-state index in [2.05, 4.69) is 20.8 Å². The monoisotopic (exact) mass is 504 g/mol. The third kappa shape index (κ3) is 4.37. The molecule has 3 heterocycles. The minimum atomic E-state index is -1.23. The molecule has 0 bridgehead atoms. The van der Waals surface area contributed by atoms with Crippen molar-refractivity contribution in [1.29, 1.82) is 0 Å². The number of benzene rings is 1. The van der Waals surface area contributed by atoms with Crippen LogP contribution in [0.25, 0.3) is 0 Å². The van der Waals surface area contributed by atoms with Gasteiger partial charge in [0.15, 0.2) is 0 Å². The lowest BCUT2D eigenvalue weighted by Crippen LogP contribution is -2.71. The number of nitrogens with one attached hydrogen (secondary N) is 1. The molecular weight excluding hydrogens is 484 g/mol. The molecule has 2 amide bonds. The summed E-state index contributed by atoms with van der Waals surface area (Å²) in [6.07, 6.45) is -1.23. The maximum atomic E-state index is 12.9. The van der Waals surface area contributed by atoms with Crippen molar-refractivity contribution in [2.75, 3.05) is 5.75 Å². The molecule has 12 nitrogen and oxygen atoms in total. The van der Waals surface area contributed by atoms with Crippen molar-refractivity contribution >= 4 is 47.8 Å². The van der Waals surface area contributed by atoms with Crippen LogP contribution in [0.3, 0.4) is 0 Å². The Morgan fingerprint density at radius 3 is 2.71 bits per heavy atom. The number of carboxylic acid groups (broad SMARTS) is 1. The lowest BCUT2D eigenvalue weighted by Gasteiger charge is -2.50. The van der Waals surface area contributed by atoms with E-state index in [-0.39, 0.29) is 17.4 Å². The van der Waals surface area contributed by atoms with Crippen LogP contribution in [0.15, 0.2) is 46.8 Å². The molecule has 1 aromatic carbocycles. The van der Waals surface area contributed by atoms with Crippen LogP contribution in [0, 0.1) is 0 Å². The zero-order valence-electron chi connectivity index (χ0n) is 18.0. The summed E-state index contributed by atoms with van der Waals surface area (Å²) in [5.41, 5.74) is 0.911. The average molecular weight is 505 g/mol. The fourth-order valence-electron chi connectivity index (χ4n) is 3.71. The molecule has 1 fully saturated rings. The number of carbonyl (C=O) groups is 4. The summed E-state index contributed by atoms with van der Waals surface area (Å²) in [4.78, 5) is 50.0. The quantitative estimate of drug-likeness (QED) is 0.276.